The third-order valence-electron chi connectivity index (χ3n) is 8.96. The summed E-state index contributed by atoms with van der Waals surface area (Å²) in [5, 5.41) is 12.9. The van der Waals surface area contributed by atoms with E-state index in [9.17, 15) is 4.79 Å². The maximum atomic E-state index is 13.7. The molecular weight excluding hydrogens is 546 g/mol. The Kier molecular flexibility index (Phi) is 6.89. The van der Waals surface area contributed by atoms with Gasteiger partial charge >= 0.3 is 0 Å². The van der Waals surface area contributed by atoms with Crippen LogP contribution in [-0.2, 0) is 6.42 Å². The minimum absolute atomic E-state index is 0.00611. The molecule has 0 saturated carbocycles. The number of carbonyl (C=O) groups excluding carboxylic acids is 1. The second-order valence-corrected chi connectivity index (χ2v) is 11.3. The first-order valence-electron chi connectivity index (χ1n) is 14.6. The standard InChI is InChI=1S/C32H35N7O4/c1-20-7-5-10-25(21(20)2)37-13-15-38(16-14-37)32(40)23-8-6-9-24(17-23)39-31(33-34-35-39)28-27-22(11-12-36(28)3)18-26-29(30(27)41-4)43-19-42-26/h5-10,17-18,28H,11-16,19H2,1-4H3/t28-/m0/s1. The van der Waals surface area contributed by atoms with Crippen LogP contribution in [0.4, 0.5) is 5.69 Å². The van der Waals surface area contributed by atoms with Gasteiger partial charge in [-0.1, -0.05) is 18.2 Å². The van der Waals surface area contributed by atoms with Crippen molar-refractivity contribution in [3.05, 3.63) is 82.2 Å². The Labute approximate surface area is 250 Å². The van der Waals surface area contributed by atoms with E-state index >= 15 is 0 Å². The zero-order chi connectivity index (χ0) is 29.7. The van der Waals surface area contributed by atoms with Gasteiger partial charge in [0.25, 0.3) is 5.91 Å². The summed E-state index contributed by atoms with van der Waals surface area (Å²) < 4.78 is 19.1. The van der Waals surface area contributed by atoms with Crippen LogP contribution in [0.2, 0.25) is 0 Å². The van der Waals surface area contributed by atoms with Gasteiger partial charge in [0, 0.05) is 49.5 Å². The number of benzene rings is 3. The lowest BCUT2D eigenvalue weighted by Crippen LogP contribution is -2.49. The molecule has 11 heteroatoms. The van der Waals surface area contributed by atoms with E-state index < -0.39 is 0 Å². The summed E-state index contributed by atoms with van der Waals surface area (Å²) >= 11 is 0. The number of nitrogens with zero attached hydrogens (tertiary/aromatic N) is 7. The molecule has 1 saturated heterocycles. The molecule has 7 rings (SSSR count). The molecule has 3 aliphatic heterocycles. The number of rotatable bonds is 5. The quantitative estimate of drug-likeness (QED) is 0.350. The van der Waals surface area contributed by atoms with Crippen LogP contribution < -0.4 is 19.1 Å². The number of aryl methyl sites for hydroxylation is 1. The van der Waals surface area contributed by atoms with Crippen LogP contribution in [0.15, 0.2) is 48.5 Å². The van der Waals surface area contributed by atoms with Gasteiger partial charge in [0.1, 0.15) is 6.04 Å². The average molecular weight is 582 g/mol. The molecular formula is C32H35N7O4. The minimum Gasteiger partial charge on any atom is -0.492 e. The molecule has 1 atom stereocenters. The fourth-order valence-corrected chi connectivity index (χ4v) is 6.49. The van der Waals surface area contributed by atoms with Gasteiger partial charge in [-0.05, 0) is 84.8 Å². The van der Waals surface area contributed by atoms with Crippen LogP contribution in [0.5, 0.6) is 17.2 Å². The number of tetrazole rings is 1. The Morgan fingerprint density at radius 1 is 1.00 bits per heavy atom. The van der Waals surface area contributed by atoms with Crippen LogP contribution >= 0.6 is 0 Å². The molecule has 1 aromatic heterocycles. The largest absolute Gasteiger partial charge is 0.492 e. The second kappa shape index (κ2) is 10.9. The number of hydrogen-bond acceptors (Lipinski definition) is 9. The number of aromatic nitrogens is 4. The first kappa shape index (κ1) is 27.2. The smallest absolute Gasteiger partial charge is 0.254 e. The highest BCUT2D eigenvalue weighted by Gasteiger charge is 2.38. The molecule has 1 fully saturated rings. The first-order valence-corrected chi connectivity index (χ1v) is 14.6. The van der Waals surface area contributed by atoms with Gasteiger partial charge in [-0.15, -0.1) is 5.10 Å². The highest BCUT2D eigenvalue weighted by molar-refractivity contribution is 5.95. The fraction of sp³-hybridized carbons (Fsp3) is 0.375. The van der Waals surface area contributed by atoms with Gasteiger partial charge in [-0.25, -0.2) is 0 Å². The van der Waals surface area contributed by atoms with Crippen molar-refractivity contribution >= 4 is 11.6 Å². The molecule has 3 aliphatic rings. The molecule has 0 unspecified atom stereocenters. The molecule has 0 aliphatic carbocycles. The molecule has 4 heterocycles. The molecule has 4 aromatic rings. The Hall–Kier alpha value is -4.64. The SMILES string of the molecule is COc1c2c(cc3c1[C@@H](c1nnnn1-c1cccc(C(=O)N4CCN(c5cccc(C)c5C)CC4)c1)N(C)CC3)OCO2. The van der Waals surface area contributed by atoms with Crippen molar-refractivity contribution in [2.45, 2.75) is 26.3 Å². The number of likely N-dealkylation sites (N-methyl/N-ethyl adjacent to an activating group) is 1. The van der Waals surface area contributed by atoms with E-state index in [1.807, 2.05) is 35.2 Å². The van der Waals surface area contributed by atoms with Crippen molar-refractivity contribution in [1.82, 2.24) is 30.0 Å². The molecule has 0 radical (unpaired) electrons. The van der Waals surface area contributed by atoms with Crippen LogP contribution in [0.3, 0.4) is 0 Å². The number of carbonyl (C=O) groups is 1. The Bertz CT molecular complexity index is 1700. The molecule has 3 aromatic carbocycles. The lowest BCUT2D eigenvalue weighted by molar-refractivity contribution is 0.0746. The number of fused-ring (bicyclic) bond motifs is 2. The van der Waals surface area contributed by atoms with E-state index in [1.54, 1.807) is 11.8 Å². The van der Waals surface area contributed by atoms with Gasteiger partial charge in [-0.3, -0.25) is 9.69 Å². The van der Waals surface area contributed by atoms with E-state index in [4.69, 9.17) is 14.2 Å². The van der Waals surface area contributed by atoms with E-state index in [-0.39, 0.29) is 18.7 Å². The fourth-order valence-electron chi connectivity index (χ4n) is 6.49. The normalized spacial score (nSPS) is 18.1. The number of methoxy groups -OCH3 is 1. The van der Waals surface area contributed by atoms with E-state index in [0.717, 1.165) is 42.9 Å². The number of piperazine rings is 1. The van der Waals surface area contributed by atoms with E-state index in [0.29, 0.717) is 41.7 Å². The summed E-state index contributed by atoms with van der Waals surface area (Å²) in [6.07, 6.45) is 0.831. The van der Waals surface area contributed by atoms with Crippen molar-refractivity contribution in [2.24, 2.45) is 0 Å². The van der Waals surface area contributed by atoms with Gasteiger partial charge in [0.05, 0.1) is 12.8 Å². The second-order valence-electron chi connectivity index (χ2n) is 11.3. The molecule has 1 amide bonds. The zero-order valence-corrected chi connectivity index (χ0v) is 24.9. The van der Waals surface area contributed by atoms with Crippen LogP contribution in [0, 0.1) is 13.8 Å². The van der Waals surface area contributed by atoms with Crippen molar-refractivity contribution in [2.75, 3.05) is 58.6 Å². The number of amides is 1. The van der Waals surface area contributed by atoms with Gasteiger partial charge < -0.3 is 24.0 Å². The lowest BCUT2D eigenvalue weighted by atomic mass is 9.90. The summed E-state index contributed by atoms with van der Waals surface area (Å²) in [5.74, 6) is 2.57. The maximum Gasteiger partial charge on any atom is 0.254 e. The van der Waals surface area contributed by atoms with Crippen LogP contribution in [0.25, 0.3) is 5.69 Å². The molecule has 43 heavy (non-hydrogen) atoms. The summed E-state index contributed by atoms with van der Waals surface area (Å²) in [4.78, 5) is 20.2. The Morgan fingerprint density at radius 3 is 2.63 bits per heavy atom. The molecule has 0 spiro atoms. The predicted octanol–water partition coefficient (Wildman–Crippen LogP) is 3.56. The highest BCUT2D eigenvalue weighted by Crippen LogP contribution is 2.50. The van der Waals surface area contributed by atoms with Crippen LogP contribution in [-0.4, -0.2) is 89.6 Å². The molecule has 222 valence electrons. The Balaban J connectivity index is 1.16. The van der Waals surface area contributed by atoms with Gasteiger partial charge in [0.15, 0.2) is 17.3 Å². The summed E-state index contributed by atoms with van der Waals surface area (Å²) in [6, 6.07) is 15.7. The molecule has 0 N–H and O–H groups in total. The van der Waals surface area contributed by atoms with Gasteiger partial charge in [0.2, 0.25) is 12.5 Å². The maximum absolute atomic E-state index is 13.7. The van der Waals surface area contributed by atoms with Gasteiger partial charge in [-0.2, -0.15) is 4.68 Å². The summed E-state index contributed by atoms with van der Waals surface area (Å²) in [6.45, 7) is 8.17. The number of anilines is 1. The van der Waals surface area contributed by atoms with E-state index in [1.165, 1.54) is 16.8 Å². The first-order chi connectivity index (χ1) is 20.9. The zero-order valence-electron chi connectivity index (χ0n) is 24.9. The van der Waals surface area contributed by atoms with Crippen molar-refractivity contribution in [3.63, 3.8) is 0 Å². The monoisotopic (exact) mass is 581 g/mol. The molecule has 11 nitrogen and oxygen atoms in total. The lowest BCUT2D eigenvalue weighted by Gasteiger charge is -2.37. The third-order valence-corrected chi connectivity index (χ3v) is 8.96. The minimum atomic E-state index is -0.291. The van der Waals surface area contributed by atoms with Crippen molar-refractivity contribution in [1.29, 1.82) is 0 Å². The number of ether oxygens (including phenoxy) is 3. The molecule has 0 bridgehead atoms. The number of hydrogen-bond donors (Lipinski definition) is 0. The average Bonchev–Trinajstić information content (AvgIpc) is 3.71. The highest BCUT2D eigenvalue weighted by atomic mass is 16.7. The predicted molar refractivity (Wildman–Crippen MR) is 160 cm³/mol. The topological polar surface area (TPSA) is 98.1 Å². The Morgan fingerprint density at radius 2 is 1.81 bits per heavy atom. The third kappa shape index (κ3) is 4.64. The summed E-state index contributed by atoms with van der Waals surface area (Å²) in [5.41, 5.74) is 7.23. The van der Waals surface area contributed by atoms with Crippen molar-refractivity contribution < 1.29 is 19.0 Å². The van der Waals surface area contributed by atoms with Crippen molar-refractivity contribution in [3.8, 4) is 22.9 Å². The van der Waals surface area contributed by atoms with E-state index in [2.05, 4.69) is 64.4 Å². The van der Waals surface area contributed by atoms with Crippen LogP contribution in [0.1, 0.15) is 44.5 Å². The summed E-state index contributed by atoms with van der Waals surface area (Å²) in [7, 11) is 3.69.